The van der Waals surface area contributed by atoms with Crippen LogP contribution in [0.3, 0.4) is 0 Å². The van der Waals surface area contributed by atoms with Crippen molar-refractivity contribution in [3.8, 4) is 0 Å². The highest BCUT2D eigenvalue weighted by Crippen LogP contribution is 2.25. The molecule has 0 aliphatic carbocycles. The van der Waals surface area contributed by atoms with E-state index in [2.05, 4.69) is 20.5 Å². The quantitative estimate of drug-likeness (QED) is 0.796. The molecule has 6 heteroatoms. The Balaban J connectivity index is 1.55. The van der Waals surface area contributed by atoms with Crippen molar-refractivity contribution in [3.63, 3.8) is 0 Å². The van der Waals surface area contributed by atoms with Gasteiger partial charge >= 0.3 is 0 Å². The molecule has 6 nitrogen and oxygen atoms in total. The van der Waals surface area contributed by atoms with Gasteiger partial charge in [0.15, 0.2) is 0 Å². The molecular formula is C12H19N5O. The predicted molar refractivity (Wildman–Crippen MR) is 66.0 cm³/mol. The number of H-pyrrole nitrogens is 1. The van der Waals surface area contributed by atoms with Gasteiger partial charge in [0.05, 0.1) is 0 Å². The molecular weight excluding hydrogens is 230 g/mol. The SMILES string of the molecule is O=C(c1ncn[nH]1)N1CCC(C2CCCN2)CC1. The molecule has 0 aromatic carbocycles. The average molecular weight is 249 g/mol. The molecule has 2 N–H and O–H groups in total. The molecule has 98 valence electrons. The van der Waals surface area contributed by atoms with Crippen molar-refractivity contribution in [2.45, 2.75) is 31.7 Å². The lowest BCUT2D eigenvalue weighted by Gasteiger charge is -2.34. The molecule has 0 saturated carbocycles. The smallest absolute Gasteiger partial charge is 0.291 e. The van der Waals surface area contributed by atoms with Crippen LogP contribution in [0.25, 0.3) is 0 Å². The fraction of sp³-hybridized carbons (Fsp3) is 0.750. The van der Waals surface area contributed by atoms with Crippen molar-refractivity contribution in [2.24, 2.45) is 5.92 Å². The Morgan fingerprint density at radius 1 is 1.33 bits per heavy atom. The maximum atomic E-state index is 12.1. The van der Waals surface area contributed by atoms with Gasteiger partial charge in [-0.25, -0.2) is 4.98 Å². The Morgan fingerprint density at radius 3 is 2.78 bits per heavy atom. The number of nitrogens with zero attached hydrogens (tertiary/aromatic N) is 3. The number of nitrogens with one attached hydrogen (secondary N) is 2. The molecule has 1 amide bonds. The second kappa shape index (κ2) is 5.06. The van der Waals surface area contributed by atoms with Crippen molar-refractivity contribution in [1.29, 1.82) is 0 Å². The van der Waals surface area contributed by atoms with Gasteiger partial charge in [-0.1, -0.05) is 0 Å². The monoisotopic (exact) mass is 249 g/mol. The number of aromatic amines is 1. The van der Waals surface area contributed by atoms with E-state index in [0.29, 0.717) is 11.9 Å². The van der Waals surface area contributed by atoms with Crippen molar-refractivity contribution >= 4 is 5.91 Å². The van der Waals surface area contributed by atoms with Crippen molar-refractivity contribution < 1.29 is 4.79 Å². The van der Waals surface area contributed by atoms with Gasteiger partial charge in [-0.3, -0.25) is 9.89 Å². The van der Waals surface area contributed by atoms with E-state index in [1.54, 1.807) is 0 Å². The minimum Gasteiger partial charge on any atom is -0.336 e. The van der Waals surface area contributed by atoms with E-state index >= 15 is 0 Å². The van der Waals surface area contributed by atoms with Gasteiger partial charge in [-0.2, -0.15) is 5.10 Å². The Bertz CT molecular complexity index is 391. The average Bonchev–Trinajstić information content (AvgIpc) is 3.11. The number of rotatable bonds is 2. The van der Waals surface area contributed by atoms with Crippen LogP contribution in [-0.4, -0.2) is 51.7 Å². The standard InChI is InChI=1S/C12H19N5O/c18-12(11-14-8-15-16-11)17-6-3-9(4-7-17)10-2-1-5-13-10/h8-10,13H,1-7H2,(H,14,15,16). The van der Waals surface area contributed by atoms with Crippen LogP contribution in [0, 0.1) is 5.92 Å². The van der Waals surface area contributed by atoms with Crippen molar-refractivity contribution in [1.82, 2.24) is 25.4 Å². The largest absolute Gasteiger partial charge is 0.336 e. The first-order chi connectivity index (χ1) is 8.84. The van der Waals surface area contributed by atoms with Crippen LogP contribution in [0.5, 0.6) is 0 Å². The van der Waals surface area contributed by atoms with E-state index < -0.39 is 0 Å². The molecule has 1 aromatic heterocycles. The number of piperidine rings is 1. The third-order valence-electron chi connectivity index (χ3n) is 4.11. The molecule has 3 heterocycles. The first kappa shape index (κ1) is 11.6. The molecule has 0 radical (unpaired) electrons. The number of carbonyl (C=O) groups excluding carboxylic acids is 1. The summed E-state index contributed by atoms with van der Waals surface area (Å²) in [5.74, 6) is 1.06. The highest BCUT2D eigenvalue weighted by molar-refractivity contribution is 5.90. The van der Waals surface area contributed by atoms with Gasteiger partial charge in [0, 0.05) is 19.1 Å². The maximum absolute atomic E-state index is 12.1. The molecule has 2 fully saturated rings. The van der Waals surface area contributed by atoms with E-state index in [4.69, 9.17) is 0 Å². The minimum atomic E-state index is -0.0228. The van der Waals surface area contributed by atoms with Crippen LogP contribution in [0.1, 0.15) is 36.3 Å². The molecule has 18 heavy (non-hydrogen) atoms. The summed E-state index contributed by atoms with van der Waals surface area (Å²) in [7, 11) is 0. The highest BCUT2D eigenvalue weighted by atomic mass is 16.2. The fourth-order valence-electron chi connectivity index (χ4n) is 3.08. The lowest BCUT2D eigenvalue weighted by molar-refractivity contribution is 0.0662. The van der Waals surface area contributed by atoms with Gasteiger partial charge in [0.1, 0.15) is 6.33 Å². The van der Waals surface area contributed by atoms with E-state index in [1.165, 1.54) is 19.2 Å². The molecule has 2 aliphatic rings. The third-order valence-corrected chi connectivity index (χ3v) is 4.11. The molecule has 2 aliphatic heterocycles. The number of hydrogen-bond donors (Lipinski definition) is 2. The fourth-order valence-corrected chi connectivity index (χ4v) is 3.08. The van der Waals surface area contributed by atoms with Crippen LogP contribution >= 0.6 is 0 Å². The lowest BCUT2D eigenvalue weighted by atomic mass is 9.88. The second-order valence-electron chi connectivity index (χ2n) is 5.17. The van der Waals surface area contributed by atoms with E-state index in [0.717, 1.165) is 38.4 Å². The summed E-state index contributed by atoms with van der Waals surface area (Å²) in [5, 5.41) is 9.92. The summed E-state index contributed by atoms with van der Waals surface area (Å²) in [6, 6.07) is 0.674. The Labute approximate surface area is 106 Å². The highest BCUT2D eigenvalue weighted by Gasteiger charge is 2.30. The van der Waals surface area contributed by atoms with E-state index in [9.17, 15) is 4.79 Å². The van der Waals surface area contributed by atoms with Gasteiger partial charge < -0.3 is 10.2 Å². The topological polar surface area (TPSA) is 73.9 Å². The molecule has 1 atom stereocenters. The van der Waals surface area contributed by atoms with Crippen LogP contribution in [-0.2, 0) is 0 Å². The first-order valence-corrected chi connectivity index (χ1v) is 6.72. The number of amides is 1. The Kier molecular flexibility index (Phi) is 3.27. The molecule has 0 bridgehead atoms. The lowest BCUT2D eigenvalue weighted by Crippen LogP contribution is -2.43. The number of carbonyl (C=O) groups is 1. The van der Waals surface area contributed by atoms with Crippen LogP contribution in [0.2, 0.25) is 0 Å². The number of aromatic nitrogens is 3. The number of hydrogen-bond acceptors (Lipinski definition) is 4. The summed E-state index contributed by atoms with van der Waals surface area (Å²) in [6.45, 7) is 2.83. The molecule has 3 rings (SSSR count). The maximum Gasteiger partial charge on any atom is 0.291 e. The molecule has 2 saturated heterocycles. The predicted octanol–water partition coefficient (Wildman–Crippen LogP) is 0.409. The summed E-state index contributed by atoms with van der Waals surface area (Å²) >= 11 is 0. The van der Waals surface area contributed by atoms with Crippen molar-refractivity contribution in [2.75, 3.05) is 19.6 Å². The molecule has 1 aromatic rings. The van der Waals surface area contributed by atoms with Gasteiger partial charge in [-0.05, 0) is 38.1 Å². The summed E-state index contributed by atoms with van der Waals surface area (Å²) in [4.78, 5) is 17.9. The third kappa shape index (κ3) is 2.25. The normalized spacial score (nSPS) is 25.6. The van der Waals surface area contributed by atoms with Crippen LogP contribution < -0.4 is 5.32 Å². The van der Waals surface area contributed by atoms with Gasteiger partial charge in [0.2, 0.25) is 5.82 Å². The summed E-state index contributed by atoms with van der Waals surface area (Å²) in [6.07, 6.45) is 6.15. The first-order valence-electron chi connectivity index (χ1n) is 6.72. The number of likely N-dealkylation sites (tertiary alicyclic amines) is 1. The zero-order chi connectivity index (χ0) is 12.4. The van der Waals surface area contributed by atoms with Gasteiger partial charge in [0.25, 0.3) is 5.91 Å². The zero-order valence-corrected chi connectivity index (χ0v) is 10.4. The molecule has 1 unspecified atom stereocenters. The summed E-state index contributed by atoms with van der Waals surface area (Å²) in [5.41, 5.74) is 0. The van der Waals surface area contributed by atoms with Crippen LogP contribution in [0.15, 0.2) is 6.33 Å². The van der Waals surface area contributed by atoms with E-state index in [-0.39, 0.29) is 5.91 Å². The summed E-state index contributed by atoms with van der Waals surface area (Å²) < 4.78 is 0. The van der Waals surface area contributed by atoms with Gasteiger partial charge in [-0.15, -0.1) is 0 Å². The Hall–Kier alpha value is -1.43. The molecule has 0 spiro atoms. The van der Waals surface area contributed by atoms with Crippen LogP contribution in [0.4, 0.5) is 0 Å². The van der Waals surface area contributed by atoms with E-state index in [1.807, 2.05) is 4.90 Å². The zero-order valence-electron chi connectivity index (χ0n) is 10.4. The Morgan fingerprint density at radius 2 is 2.17 bits per heavy atom. The minimum absolute atomic E-state index is 0.0228. The second-order valence-corrected chi connectivity index (χ2v) is 5.17. The van der Waals surface area contributed by atoms with Crippen molar-refractivity contribution in [3.05, 3.63) is 12.2 Å².